The van der Waals surface area contributed by atoms with Crippen LogP contribution in [0.25, 0.3) is 11.0 Å². The molecule has 1 aromatic heterocycles. The fraction of sp³-hybridized carbons (Fsp3) is 0.477. The molecule has 5 N–H and O–H groups in total. The largest absolute Gasteiger partial charge is 0.440 e. The van der Waals surface area contributed by atoms with Gasteiger partial charge in [-0.1, -0.05) is 50.3 Å². The summed E-state index contributed by atoms with van der Waals surface area (Å²) in [7, 11) is 2.92. The van der Waals surface area contributed by atoms with Crippen LogP contribution in [0.15, 0.2) is 92.0 Å². The predicted octanol–water partition coefficient (Wildman–Crippen LogP) is 3.93. The molecule has 59 heavy (non-hydrogen) atoms. The van der Waals surface area contributed by atoms with E-state index in [1.54, 1.807) is 45.1 Å². The summed E-state index contributed by atoms with van der Waals surface area (Å²) < 4.78 is 28.5. The number of carbonyl (C=O) groups excluding carboxylic acids is 4. The third-order valence-corrected chi connectivity index (χ3v) is 10.9. The van der Waals surface area contributed by atoms with Crippen LogP contribution in [0.4, 0.5) is 10.7 Å². The fourth-order valence-electron chi connectivity index (χ4n) is 7.63. The first-order chi connectivity index (χ1) is 28.2. The maximum Gasteiger partial charge on any atom is 0.405 e. The van der Waals surface area contributed by atoms with E-state index in [1.807, 2.05) is 24.0 Å². The van der Waals surface area contributed by atoms with E-state index in [4.69, 9.17) is 29.1 Å². The zero-order valence-electron chi connectivity index (χ0n) is 34.6. The second-order valence-electron chi connectivity index (χ2n) is 15.3. The molecule has 6 atom stereocenters. The molecule has 0 unspecified atom stereocenters. The second kappa shape index (κ2) is 20.6. The average molecular weight is 817 g/mol. The molecule has 5 rings (SSSR count). The molecule has 3 heterocycles. The topological polar surface area (TPSA) is 209 Å². The quantitative estimate of drug-likeness (QED) is 0.161. The lowest BCUT2D eigenvalue weighted by Gasteiger charge is -2.30. The number of anilines is 1. The minimum atomic E-state index is -1.01. The number of rotatable bonds is 9. The van der Waals surface area contributed by atoms with Crippen molar-refractivity contribution in [3.63, 3.8) is 0 Å². The van der Waals surface area contributed by atoms with Gasteiger partial charge in [-0.05, 0) is 62.7 Å². The number of ether oxygens (including phenoxy) is 4. The normalized spacial score (nSPS) is 27.6. The highest BCUT2D eigenvalue weighted by Crippen LogP contribution is 2.29. The molecule has 0 spiro atoms. The van der Waals surface area contributed by atoms with E-state index in [9.17, 15) is 29.1 Å². The number of methoxy groups -OCH3 is 2. The van der Waals surface area contributed by atoms with Crippen LogP contribution in [0.5, 0.6) is 0 Å². The smallest absolute Gasteiger partial charge is 0.405 e. The Bertz CT molecular complexity index is 2110. The van der Waals surface area contributed by atoms with Crippen LogP contribution in [0, 0.1) is 11.8 Å². The van der Waals surface area contributed by atoms with Gasteiger partial charge in [-0.3, -0.25) is 19.2 Å². The first-order valence-corrected chi connectivity index (χ1v) is 19.9. The van der Waals surface area contributed by atoms with Crippen molar-refractivity contribution in [1.82, 2.24) is 10.6 Å². The second-order valence-corrected chi connectivity index (χ2v) is 15.3. The highest BCUT2D eigenvalue weighted by Gasteiger charge is 2.33. The lowest BCUT2D eigenvalue weighted by Crippen LogP contribution is -2.38. The molecule has 0 saturated carbocycles. The Kier molecular flexibility index (Phi) is 15.6. The molecule has 15 heteroatoms. The SMILES string of the molecule is CO[C@H]1/C=C\C=C(/C)C(=O)NC2=CC(=O)C(NCCCc3cccc4c(=O)cc(N5CCOCC5)oc34)=C(C[C@H](C)C[C@H](OC)[C@@H](O)[C@@H](C)/C=C(\C)[C@@H]1OC(N)=O)C2=O. The van der Waals surface area contributed by atoms with Gasteiger partial charge < -0.3 is 49.7 Å². The zero-order valence-corrected chi connectivity index (χ0v) is 34.6. The fourth-order valence-corrected chi connectivity index (χ4v) is 7.63. The number of aliphatic hydroxyl groups excluding tert-OH is 1. The van der Waals surface area contributed by atoms with E-state index in [1.165, 1.54) is 26.4 Å². The van der Waals surface area contributed by atoms with Gasteiger partial charge in [0.1, 0.15) is 11.7 Å². The monoisotopic (exact) mass is 816 g/mol. The van der Waals surface area contributed by atoms with Gasteiger partial charge in [0.05, 0.1) is 42.2 Å². The van der Waals surface area contributed by atoms with Crippen molar-refractivity contribution < 1.29 is 47.6 Å². The maximum atomic E-state index is 14.1. The summed E-state index contributed by atoms with van der Waals surface area (Å²) in [6.45, 7) is 9.61. The van der Waals surface area contributed by atoms with Crippen LogP contribution < -0.4 is 26.7 Å². The van der Waals surface area contributed by atoms with Crippen molar-refractivity contribution in [2.24, 2.45) is 17.6 Å². The summed E-state index contributed by atoms with van der Waals surface area (Å²) >= 11 is 0. The number of amides is 2. The van der Waals surface area contributed by atoms with Gasteiger partial charge in [0.2, 0.25) is 11.6 Å². The van der Waals surface area contributed by atoms with Crippen molar-refractivity contribution in [2.45, 2.75) is 77.8 Å². The van der Waals surface area contributed by atoms with Crippen LogP contribution >= 0.6 is 0 Å². The Morgan fingerprint density at radius 1 is 1.08 bits per heavy atom. The van der Waals surface area contributed by atoms with Gasteiger partial charge in [0, 0.05) is 63.1 Å². The van der Waals surface area contributed by atoms with Crippen LogP contribution in [-0.4, -0.2) is 100 Å². The number of carbonyl (C=O) groups is 4. The minimum Gasteiger partial charge on any atom is -0.440 e. The standard InChI is InChI=1S/C44H56N4O11/c1-25-20-31-38(46-15-9-12-29-11-8-13-30-33(49)24-37(58-42(29)30)48-16-18-57-19-17-48)34(50)23-32(40(31)52)47-43(53)26(2)10-7-14-35(55-5)41(59-44(45)54)28(4)22-27(3)39(51)36(21-25)56-6/h7-8,10-11,13-14,22-25,27,35-36,39,41,46,51H,9,12,15-21H2,1-6H3,(H2,45,54)(H,47,53)/b14-7-,26-10+,28-22+/t25-,27-,35-,36-,39-,41-/m0/s1. The predicted molar refractivity (Wildman–Crippen MR) is 221 cm³/mol. The lowest BCUT2D eigenvalue weighted by atomic mass is 9.85. The number of hydrogen-bond acceptors (Lipinski definition) is 13. The van der Waals surface area contributed by atoms with E-state index in [2.05, 4.69) is 10.6 Å². The highest BCUT2D eigenvalue weighted by molar-refractivity contribution is 6.23. The number of Topliss-reactive ketones (excluding diaryl/α,β-unsaturated/α-hetero) is 1. The molecule has 2 amide bonds. The van der Waals surface area contributed by atoms with Crippen molar-refractivity contribution in [3.05, 3.63) is 98.5 Å². The molecule has 2 bridgehead atoms. The number of para-hydroxylation sites is 1. The molecule has 1 fully saturated rings. The summed E-state index contributed by atoms with van der Waals surface area (Å²) in [4.78, 5) is 68.2. The van der Waals surface area contributed by atoms with Crippen LogP contribution in [0.3, 0.4) is 0 Å². The molecule has 1 saturated heterocycles. The van der Waals surface area contributed by atoms with Gasteiger partial charge in [0.15, 0.2) is 17.4 Å². The molecule has 3 aliphatic rings. The zero-order chi connectivity index (χ0) is 42.8. The van der Waals surface area contributed by atoms with Crippen LogP contribution in [-0.2, 0) is 39.8 Å². The highest BCUT2D eigenvalue weighted by atomic mass is 16.6. The molecule has 2 aliphatic heterocycles. The Labute approximate surface area is 343 Å². The lowest BCUT2D eigenvalue weighted by molar-refractivity contribution is -0.120. The molecular weight excluding hydrogens is 761 g/mol. The van der Waals surface area contributed by atoms with Gasteiger partial charge in [-0.15, -0.1) is 0 Å². The van der Waals surface area contributed by atoms with Crippen LogP contribution in [0.2, 0.25) is 0 Å². The summed E-state index contributed by atoms with van der Waals surface area (Å²) in [5.41, 5.74) is 7.58. The Morgan fingerprint density at radius 3 is 2.53 bits per heavy atom. The maximum absolute atomic E-state index is 14.1. The summed E-state index contributed by atoms with van der Waals surface area (Å²) in [6.07, 6.45) is 4.54. The summed E-state index contributed by atoms with van der Waals surface area (Å²) in [5, 5.41) is 17.8. The Balaban J connectivity index is 1.41. The Hall–Kier alpha value is -5.35. The van der Waals surface area contributed by atoms with Crippen molar-refractivity contribution >= 4 is 40.4 Å². The number of nitrogens with two attached hydrogens (primary N) is 1. The Morgan fingerprint density at radius 2 is 1.83 bits per heavy atom. The number of nitrogens with one attached hydrogen (secondary N) is 2. The average Bonchev–Trinajstić information content (AvgIpc) is 3.21. The molecule has 1 aliphatic carbocycles. The van der Waals surface area contributed by atoms with E-state index in [-0.39, 0.29) is 40.3 Å². The number of fused-ring (bicyclic) bond motifs is 3. The number of primary amides is 1. The third kappa shape index (κ3) is 11.2. The molecule has 15 nitrogen and oxygen atoms in total. The van der Waals surface area contributed by atoms with Crippen LogP contribution in [0.1, 0.15) is 52.5 Å². The number of ketones is 2. The molecular formula is C44H56N4O11. The van der Waals surface area contributed by atoms with E-state index in [0.29, 0.717) is 74.5 Å². The van der Waals surface area contributed by atoms with Gasteiger partial charge in [-0.25, -0.2) is 4.79 Å². The summed E-state index contributed by atoms with van der Waals surface area (Å²) in [6, 6.07) is 6.98. The molecule has 318 valence electrons. The number of allylic oxidation sites excluding steroid dienone is 4. The number of benzene rings is 1. The summed E-state index contributed by atoms with van der Waals surface area (Å²) in [5.74, 6) is -1.85. The molecule has 0 radical (unpaired) electrons. The van der Waals surface area contributed by atoms with Crippen molar-refractivity contribution in [2.75, 3.05) is 52.0 Å². The van der Waals surface area contributed by atoms with Gasteiger partial charge in [0.25, 0.3) is 5.91 Å². The number of aliphatic hydroxyl groups is 1. The number of nitrogens with zero attached hydrogens (tertiary/aromatic N) is 1. The van der Waals surface area contributed by atoms with E-state index >= 15 is 0 Å². The molecule has 1 aromatic carbocycles. The molecule has 2 aromatic rings. The number of hydrogen-bond donors (Lipinski definition) is 4. The van der Waals surface area contributed by atoms with Crippen molar-refractivity contribution in [1.29, 1.82) is 0 Å². The minimum absolute atomic E-state index is 0.132. The first kappa shape index (κ1) is 44.7. The first-order valence-electron chi connectivity index (χ1n) is 19.9. The number of morpholine rings is 1. The van der Waals surface area contributed by atoms with Crippen molar-refractivity contribution in [3.8, 4) is 0 Å². The van der Waals surface area contributed by atoms with Gasteiger partial charge >= 0.3 is 6.09 Å². The van der Waals surface area contributed by atoms with E-state index in [0.717, 1.165) is 11.6 Å². The van der Waals surface area contributed by atoms with E-state index < -0.39 is 53.9 Å². The third-order valence-electron chi connectivity index (χ3n) is 10.9. The number of aryl methyl sites for hydroxylation is 1. The van der Waals surface area contributed by atoms with Gasteiger partial charge in [-0.2, -0.15) is 0 Å².